The van der Waals surface area contributed by atoms with Crippen molar-refractivity contribution in [2.45, 2.75) is 31.3 Å². The van der Waals surface area contributed by atoms with Gasteiger partial charge in [-0.05, 0) is 28.8 Å². The Morgan fingerprint density at radius 1 is 1.18 bits per heavy atom. The van der Waals surface area contributed by atoms with Crippen LogP contribution in [0, 0.1) is 0 Å². The maximum absolute atomic E-state index is 13.0. The highest BCUT2D eigenvalue weighted by Gasteiger charge is 2.27. The first-order valence-electron chi connectivity index (χ1n) is 9.37. The van der Waals surface area contributed by atoms with Crippen LogP contribution in [0.3, 0.4) is 0 Å². The molecule has 28 heavy (non-hydrogen) atoms. The molecule has 3 heterocycles. The van der Waals surface area contributed by atoms with Gasteiger partial charge < -0.3 is 10.2 Å². The molecule has 0 saturated carbocycles. The predicted octanol–water partition coefficient (Wildman–Crippen LogP) is 1.03. The lowest BCUT2D eigenvalue weighted by atomic mass is 10.0. The van der Waals surface area contributed by atoms with Crippen LogP contribution in [0.4, 0.5) is 5.82 Å². The molecule has 1 aliphatic rings. The molecular formula is C19H22N8O. The summed E-state index contributed by atoms with van der Waals surface area (Å²) in [6, 6.07) is 9.54. The zero-order chi connectivity index (χ0) is 19.2. The van der Waals surface area contributed by atoms with Crippen LogP contribution in [0.15, 0.2) is 55.2 Å². The fraction of sp³-hybridized carbons (Fsp3) is 0.368. The van der Waals surface area contributed by atoms with Gasteiger partial charge in [0.2, 0.25) is 5.91 Å². The number of rotatable bonds is 6. The molecule has 9 heteroatoms. The molecular weight excluding hydrogens is 356 g/mol. The van der Waals surface area contributed by atoms with E-state index < -0.39 is 6.04 Å². The number of anilines is 1. The summed E-state index contributed by atoms with van der Waals surface area (Å²) in [7, 11) is 0. The average molecular weight is 378 g/mol. The summed E-state index contributed by atoms with van der Waals surface area (Å²) >= 11 is 0. The molecule has 0 radical (unpaired) electrons. The molecule has 1 atom stereocenters. The molecule has 9 nitrogen and oxygen atoms in total. The molecule has 0 bridgehead atoms. The van der Waals surface area contributed by atoms with Gasteiger partial charge in [0, 0.05) is 37.9 Å². The molecule has 1 aliphatic heterocycles. The van der Waals surface area contributed by atoms with Gasteiger partial charge in [-0.1, -0.05) is 30.3 Å². The van der Waals surface area contributed by atoms with Gasteiger partial charge in [0.05, 0.1) is 6.20 Å². The van der Waals surface area contributed by atoms with E-state index in [1.807, 2.05) is 30.3 Å². The molecule has 3 aromatic rings. The fourth-order valence-corrected chi connectivity index (χ4v) is 3.46. The molecule has 0 aliphatic carbocycles. The van der Waals surface area contributed by atoms with E-state index in [2.05, 4.69) is 35.7 Å². The lowest BCUT2D eigenvalue weighted by molar-refractivity contribution is -0.125. The molecule has 1 amide bonds. The molecule has 1 fully saturated rings. The monoisotopic (exact) mass is 378 g/mol. The van der Waals surface area contributed by atoms with Crippen molar-refractivity contribution in [2.75, 3.05) is 18.0 Å². The number of piperidine rings is 1. The van der Waals surface area contributed by atoms with Crippen LogP contribution in [-0.2, 0) is 11.2 Å². The van der Waals surface area contributed by atoms with Crippen LogP contribution < -0.4 is 10.2 Å². The molecule has 1 unspecified atom stereocenters. The summed E-state index contributed by atoms with van der Waals surface area (Å²) in [5, 5.41) is 14.5. The number of amides is 1. The maximum Gasteiger partial charge on any atom is 0.245 e. The van der Waals surface area contributed by atoms with Gasteiger partial charge in [-0.15, -0.1) is 5.10 Å². The summed E-state index contributed by atoms with van der Waals surface area (Å²) in [4.78, 5) is 23.7. The van der Waals surface area contributed by atoms with Crippen LogP contribution in [0.5, 0.6) is 0 Å². The molecule has 2 aromatic heterocycles. The van der Waals surface area contributed by atoms with Gasteiger partial charge in [0.25, 0.3) is 0 Å². The fourth-order valence-electron chi connectivity index (χ4n) is 3.46. The van der Waals surface area contributed by atoms with Crippen molar-refractivity contribution in [3.8, 4) is 0 Å². The second-order valence-electron chi connectivity index (χ2n) is 6.83. The first-order chi connectivity index (χ1) is 13.8. The van der Waals surface area contributed by atoms with Crippen molar-refractivity contribution in [2.24, 2.45) is 0 Å². The zero-order valence-corrected chi connectivity index (χ0v) is 15.4. The Labute approximate surface area is 162 Å². The lowest BCUT2D eigenvalue weighted by Crippen LogP contribution is -2.47. The highest BCUT2D eigenvalue weighted by Crippen LogP contribution is 2.18. The number of nitrogens with zero attached hydrogens (tertiary/aromatic N) is 7. The first kappa shape index (κ1) is 18.0. The summed E-state index contributed by atoms with van der Waals surface area (Å²) in [6.07, 6.45) is 8.88. The number of carbonyl (C=O) groups is 1. The SMILES string of the molecule is O=C(NC1CCN(c2cnccn2)CC1)C(Cc1ccccc1)n1cnnn1. The first-order valence-corrected chi connectivity index (χ1v) is 9.37. The van der Waals surface area contributed by atoms with Gasteiger partial charge in [-0.3, -0.25) is 9.78 Å². The smallest absolute Gasteiger partial charge is 0.245 e. The van der Waals surface area contributed by atoms with E-state index in [0.717, 1.165) is 37.3 Å². The van der Waals surface area contributed by atoms with E-state index in [4.69, 9.17) is 0 Å². The molecule has 4 rings (SSSR count). The molecule has 0 spiro atoms. The summed E-state index contributed by atoms with van der Waals surface area (Å²) < 4.78 is 1.52. The molecule has 1 N–H and O–H groups in total. The van der Waals surface area contributed by atoms with Crippen molar-refractivity contribution in [3.63, 3.8) is 0 Å². The Morgan fingerprint density at radius 2 is 2.00 bits per heavy atom. The number of nitrogens with one attached hydrogen (secondary N) is 1. The van der Waals surface area contributed by atoms with Crippen molar-refractivity contribution >= 4 is 11.7 Å². The van der Waals surface area contributed by atoms with E-state index >= 15 is 0 Å². The number of tetrazole rings is 1. The van der Waals surface area contributed by atoms with Crippen LogP contribution in [0.2, 0.25) is 0 Å². The third-order valence-corrected chi connectivity index (χ3v) is 4.97. The Hall–Kier alpha value is -3.36. The quantitative estimate of drug-likeness (QED) is 0.683. The van der Waals surface area contributed by atoms with Crippen LogP contribution in [0.1, 0.15) is 24.4 Å². The van der Waals surface area contributed by atoms with E-state index in [1.165, 1.54) is 11.0 Å². The second kappa shape index (κ2) is 8.55. The maximum atomic E-state index is 13.0. The Morgan fingerprint density at radius 3 is 2.68 bits per heavy atom. The van der Waals surface area contributed by atoms with Crippen LogP contribution in [0.25, 0.3) is 0 Å². The Kier molecular flexibility index (Phi) is 5.51. The van der Waals surface area contributed by atoms with Crippen molar-refractivity contribution in [1.82, 2.24) is 35.5 Å². The summed E-state index contributed by atoms with van der Waals surface area (Å²) in [6.45, 7) is 1.66. The van der Waals surface area contributed by atoms with Crippen molar-refractivity contribution in [1.29, 1.82) is 0 Å². The number of aromatic nitrogens is 6. The van der Waals surface area contributed by atoms with Crippen LogP contribution in [-0.4, -0.2) is 55.2 Å². The minimum atomic E-state index is -0.476. The molecule has 144 valence electrons. The lowest BCUT2D eigenvalue weighted by Gasteiger charge is -2.33. The highest BCUT2D eigenvalue weighted by atomic mass is 16.2. The minimum absolute atomic E-state index is 0.0610. The number of hydrogen-bond acceptors (Lipinski definition) is 7. The molecule has 1 saturated heterocycles. The standard InChI is InChI=1S/C19H22N8O/c28-19(17(27-14-22-24-25-27)12-15-4-2-1-3-5-15)23-16-6-10-26(11-7-16)18-13-20-8-9-21-18/h1-5,8-9,13-14,16-17H,6-7,10-12H2,(H,23,28). The van der Waals surface area contributed by atoms with E-state index in [-0.39, 0.29) is 11.9 Å². The number of benzene rings is 1. The molecule has 1 aromatic carbocycles. The highest BCUT2D eigenvalue weighted by molar-refractivity contribution is 5.80. The largest absolute Gasteiger partial charge is 0.355 e. The Bertz CT molecular complexity index is 863. The van der Waals surface area contributed by atoms with Gasteiger partial charge >= 0.3 is 0 Å². The van der Waals surface area contributed by atoms with Gasteiger partial charge in [-0.25, -0.2) is 9.67 Å². The summed E-state index contributed by atoms with van der Waals surface area (Å²) in [5.74, 6) is 0.817. The van der Waals surface area contributed by atoms with Gasteiger partial charge in [0.15, 0.2) is 0 Å². The van der Waals surface area contributed by atoms with Gasteiger partial charge in [0.1, 0.15) is 18.2 Å². The topological polar surface area (TPSA) is 102 Å². The third-order valence-electron chi connectivity index (χ3n) is 4.97. The summed E-state index contributed by atoms with van der Waals surface area (Å²) in [5.41, 5.74) is 1.07. The second-order valence-corrected chi connectivity index (χ2v) is 6.83. The van der Waals surface area contributed by atoms with Gasteiger partial charge in [-0.2, -0.15) is 0 Å². The number of carbonyl (C=O) groups excluding carboxylic acids is 1. The van der Waals surface area contributed by atoms with E-state index in [1.54, 1.807) is 18.6 Å². The van der Waals surface area contributed by atoms with Crippen molar-refractivity contribution < 1.29 is 4.79 Å². The third kappa shape index (κ3) is 4.30. The van der Waals surface area contributed by atoms with E-state index in [0.29, 0.717) is 6.42 Å². The average Bonchev–Trinajstić information content (AvgIpc) is 3.28. The normalized spacial score (nSPS) is 15.9. The Balaban J connectivity index is 1.38. The zero-order valence-electron chi connectivity index (χ0n) is 15.4. The van der Waals surface area contributed by atoms with Crippen LogP contribution >= 0.6 is 0 Å². The minimum Gasteiger partial charge on any atom is -0.355 e. The predicted molar refractivity (Wildman–Crippen MR) is 102 cm³/mol. The van der Waals surface area contributed by atoms with Crippen molar-refractivity contribution in [3.05, 3.63) is 60.8 Å². The van der Waals surface area contributed by atoms with E-state index in [9.17, 15) is 4.79 Å². The number of hydrogen-bond donors (Lipinski definition) is 1.